The third-order valence-electron chi connectivity index (χ3n) is 8.06. The smallest absolute Gasteiger partial charge is 0.131 e. The molecule has 0 spiro atoms. The molecule has 2 fully saturated rings. The van der Waals surface area contributed by atoms with Gasteiger partial charge in [0.1, 0.15) is 10.6 Å². The molecule has 180 valence electrons. The molecule has 1 saturated heterocycles. The standard InChI is InChI=1S/C27H38N2O3S/c1-3-5-16-31-19-20-6-7-23-24(20)25-22(10-13-28-26(25)33-23)32-21-8-11-27(4-2,12-9-21)29-14-17-30-18-15-29/h3,5,10,13,20-21H,4,6-9,11-12,14-19H2,1-2H3/b5-3+/t20-,21-,27-/m1/s1. The molecule has 2 aromatic rings. The number of nitrogens with zero attached hydrogens (tertiary/aromatic N) is 2. The summed E-state index contributed by atoms with van der Waals surface area (Å²) >= 11 is 1.85. The van der Waals surface area contributed by atoms with Crippen molar-refractivity contribution in [2.24, 2.45) is 0 Å². The predicted molar refractivity (Wildman–Crippen MR) is 135 cm³/mol. The van der Waals surface area contributed by atoms with Crippen molar-refractivity contribution in [2.45, 2.75) is 76.4 Å². The number of rotatable bonds is 8. The van der Waals surface area contributed by atoms with Gasteiger partial charge in [0, 0.05) is 35.6 Å². The lowest BCUT2D eigenvalue weighted by atomic mass is 9.77. The molecule has 0 bridgehead atoms. The Morgan fingerprint density at radius 1 is 1.24 bits per heavy atom. The summed E-state index contributed by atoms with van der Waals surface area (Å²) < 4.78 is 18.3. The minimum absolute atomic E-state index is 0.290. The fourth-order valence-corrected chi connectivity index (χ4v) is 7.38. The lowest BCUT2D eigenvalue weighted by Crippen LogP contribution is -2.55. The number of aryl methyl sites for hydroxylation is 1. The maximum absolute atomic E-state index is 6.74. The zero-order chi connectivity index (χ0) is 22.7. The van der Waals surface area contributed by atoms with Gasteiger partial charge in [-0.3, -0.25) is 4.90 Å². The number of fused-ring (bicyclic) bond motifs is 3. The lowest BCUT2D eigenvalue weighted by molar-refractivity contribution is -0.0510. The van der Waals surface area contributed by atoms with Gasteiger partial charge in [-0.2, -0.15) is 0 Å². The molecule has 0 aromatic carbocycles. The van der Waals surface area contributed by atoms with Crippen molar-refractivity contribution < 1.29 is 14.2 Å². The Balaban J connectivity index is 1.30. The monoisotopic (exact) mass is 470 g/mol. The lowest BCUT2D eigenvalue weighted by Gasteiger charge is -2.49. The number of morpholine rings is 1. The first kappa shape index (κ1) is 23.3. The Bertz CT molecular complexity index is 958. The summed E-state index contributed by atoms with van der Waals surface area (Å²) in [5.74, 6) is 1.49. The van der Waals surface area contributed by atoms with E-state index >= 15 is 0 Å². The van der Waals surface area contributed by atoms with Crippen LogP contribution in [0.1, 0.15) is 68.7 Å². The second-order valence-electron chi connectivity index (χ2n) is 9.76. The highest BCUT2D eigenvalue weighted by atomic mass is 32.1. The maximum atomic E-state index is 6.74. The van der Waals surface area contributed by atoms with Crippen molar-refractivity contribution in [3.63, 3.8) is 0 Å². The van der Waals surface area contributed by atoms with E-state index in [1.165, 1.54) is 41.5 Å². The number of aromatic nitrogens is 1. The third-order valence-corrected chi connectivity index (χ3v) is 9.23. The van der Waals surface area contributed by atoms with E-state index in [0.717, 1.165) is 62.8 Å². The summed E-state index contributed by atoms with van der Waals surface area (Å²) in [6.45, 7) is 9.76. The van der Waals surface area contributed by atoms with Crippen LogP contribution in [-0.2, 0) is 15.9 Å². The molecule has 6 heteroatoms. The largest absolute Gasteiger partial charge is 0.490 e. The van der Waals surface area contributed by atoms with Gasteiger partial charge in [0.2, 0.25) is 0 Å². The average molecular weight is 471 g/mol. The first-order valence-corrected chi connectivity index (χ1v) is 13.6. The van der Waals surface area contributed by atoms with Crippen molar-refractivity contribution in [1.29, 1.82) is 0 Å². The van der Waals surface area contributed by atoms with Crippen LogP contribution >= 0.6 is 11.3 Å². The van der Waals surface area contributed by atoms with Crippen LogP contribution in [0.15, 0.2) is 24.4 Å². The first-order valence-electron chi connectivity index (χ1n) is 12.8. The van der Waals surface area contributed by atoms with Crippen LogP contribution in [0.2, 0.25) is 0 Å². The number of pyridine rings is 1. The van der Waals surface area contributed by atoms with Crippen LogP contribution in [0.4, 0.5) is 0 Å². The SMILES string of the molecule is C/C=C/COC[C@H]1CCc2sc3nccc(O[C@H]4CC[C@](CC)(N5CCOCC5)CC4)c3c21. The third kappa shape index (κ3) is 4.72. The molecule has 1 saturated carbocycles. The van der Waals surface area contributed by atoms with Gasteiger partial charge in [-0.05, 0) is 63.5 Å². The van der Waals surface area contributed by atoms with Gasteiger partial charge in [-0.15, -0.1) is 11.3 Å². The first-order chi connectivity index (χ1) is 16.2. The van der Waals surface area contributed by atoms with Gasteiger partial charge in [-0.25, -0.2) is 4.98 Å². The minimum atomic E-state index is 0.290. The molecular weight excluding hydrogens is 432 g/mol. The molecule has 3 aliphatic rings. The molecule has 1 atom stereocenters. The van der Waals surface area contributed by atoms with Crippen molar-refractivity contribution in [2.75, 3.05) is 39.5 Å². The van der Waals surface area contributed by atoms with Gasteiger partial charge in [0.05, 0.1) is 37.9 Å². The van der Waals surface area contributed by atoms with E-state index < -0.39 is 0 Å². The second kappa shape index (κ2) is 10.4. The van der Waals surface area contributed by atoms with E-state index in [4.69, 9.17) is 19.2 Å². The fraction of sp³-hybridized carbons (Fsp3) is 0.667. The van der Waals surface area contributed by atoms with E-state index in [1.54, 1.807) is 0 Å². The molecule has 0 unspecified atom stereocenters. The minimum Gasteiger partial charge on any atom is -0.490 e. The quantitative estimate of drug-likeness (QED) is 0.365. The van der Waals surface area contributed by atoms with E-state index in [-0.39, 0.29) is 6.10 Å². The predicted octanol–water partition coefficient (Wildman–Crippen LogP) is 5.72. The summed E-state index contributed by atoms with van der Waals surface area (Å²) in [5.41, 5.74) is 1.78. The molecule has 33 heavy (non-hydrogen) atoms. The van der Waals surface area contributed by atoms with E-state index in [9.17, 15) is 0 Å². The number of thiophene rings is 1. The van der Waals surface area contributed by atoms with E-state index in [2.05, 4.69) is 24.0 Å². The summed E-state index contributed by atoms with van der Waals surface area (Å²) in [6, 6.07) is 2.09. The highest BCUT2D eigenvalue weighted by molar-refractivity contribution is 7.19. The van der Waals surface area contributed by atoms with E-state index in [0.29, 0.717) is 18.1 Å². The van der Waals surface area contributed by atoms with Crippen LogP contribution < -0.4 is 4.74 Å². The van der Waals surface area contributed by atoms with Gasteiger partial charge < -0.3 is 14.2 Å². The van der Waals surface area contributed by atoms with Crippen molar-refractivity contribution in [3.05, 3.63) is 34.9 Å². The molecule has 0 N–H and O–H groups in total. The van der Waals surface area contributed by atoms with E-state index in [1.807, 2.05) is 30.5 Å². The number of hydrogen-bond donors (Lipinski definition) is 0. The van der Waals surface area contributed by atoms with Crippen LogP contribution in [0.3, 0.4) is 0 Å². The molecular formula is C27H38N2O3S. The maximum Gasteiger partial charge on any atom is 0.131 e. The fourth-order valence-electron chi connectivity index (χ4n) is 6.13. The van der Waals surface area contributed by atoms with Gasteiger partial charge >= 0.3 is 0 Å². The second-order valence-corrected chi connectivity index (χ2v) is 10.8. The number of ether oxygens (including phenoxy) is 3. The Morgan fingerprint density at radius 2 is 2.06 bits per heavy atom. The zero-order valence-electron chi connectivity index (χ0n) is 20.2. The highest BCUT2D eigenvalue weighted by Crippen LogP contribution is 2.47. The molecule has 1 aliphatic heterocycles. The Morgan fingerprint density at radius 3 is 2.82 bits per heavy atom. The van der Waals surface area contributed by atoms with Gasteiger partial charge in [0.15, 0.2) is 0 Å². The van der Waals surface area contributed by atoms with Gasteiger partial charge in [-0.1, -0.05) is 19.1 Å². The van der Waals surface area contributed by atoms with Gasteiger partial charge in [0.25, 0.3) is 0 Å². The average Bonchev–Trinajstić information content (AvgIpc) is 3.43. The van der Waals surface area contributed by atoms with Crippen molar-refractivity contribution in [3.8, 4) is 5.75 Å². The Hall–Kier alpha value is -1.47. The van der Waals surface area contributed by atoms with Crippen LogP contribution in [0.5, 0.6) is 5.75 Å². The molecule has 0 radical (unpaired) electrons. The molecule has 5 rings (SSSR count). The molecule has 5 nitrogen and oxygen atoms in total. The highest BCUT2D eigenvalue weighted by Gasteiger charge is 2.40. The summed E-state index contributed by atoms with van der Waals surface area (Å²) in [6.07, 6.45) is 14.5. The summed E-state index contributed by atoms with van der Waals surface area (Å²) in [4.78, 5) is 10.0. The van der Waals surface area contributed by atoms with Crippen LogP contribution in [0, 0.1) is 0 Å². The molecule has 2 aromatic heterocycles. The van der Waals surface area contributed by atoms with Crippen molar-refractivity contribution >= 4 is 21.6 Å². The Labute approximate surface area is 202 Å². The summed E-state index contributed by atoms with van der Waals surface area (Å²) in [5, 5.41) is 1.26. The summed E-state index contributed by atoms with van der Waals surface area (Å²) in [7, 11) is 0. The molecule has 0 amide bonds. The van der Waals surface area contributed by atoms with Crippen LogP contribution in [0.25, 0.3) is 10.2 Å². The number of allylic oxidation sites excluding steroid dienone is 1. The molecule has 3 heterocycles. The Kier molecular flexibility index (Phi) is 7.36. The zero-order valence-corrected chi connectivity index (χ0v) is 21.0. The normalized spacial score (nSPS) is 28.5. The van der Waals surface area contributed by atoms with Crippen LogP contribution in [-0.4, -0.2) is 61.0 Å². The number of hydrogen-bond acceptors (Lipinski definition) is 6. The van der Waals surface area contributed by atoms with Crippen molar-refractivity contribution in [1.82, 2.24) is 9.88 Å². The molecule has 2 aliphatic carbocycles. The topological polar surface area (TPSA) is 43.8 Å².